The molecule has 1 N–H and O–H groups in total. The number of nitrogens with zero attached hydrogens (tertiary/aromatic N) is 2. The molecule has 146 valence electrons. The van der Waals surface area contributed by atoms with Crippen molar-refractivity contribution in [3.63, 3.8) is 0 Å². The Kier molecular flexibility index (Phi) is 7.72. The third-order valence-electron chi connectivity index (χ3n) is 4.59. The van der Waals surface area contributed by atoms with Gasteiger partial charge in [-0.05, 0) is 37.0 Å². The number of hydrogen-bond donors (Lipinski definition) is 1. The lowest BCUT2D eigenvalue weighted by Crippen LogP contribution is -2.51. The molecule has 0 aliphatic carbocycles. The van der Waals surface area contributed by atoms with E-state index in [2.05, 4.69) is 30.9 Å². The lowest BCUT2D eigenvalue weighted by atomic mass is 10.0. The summed E-state index contributed by atoms with van der Waals surface area (Å²) in [5.41, 5.74) is 2.31. The quantitative estimate of drug-likeness (QED) is 0.806. The van der Waals surface area contributed by atoms with Gasteiger partial charge in [0.05, 0.1) is 6.61 Å². The summed E-state index contributed by atoms with van der Waals surface area (Å²) in [4.78, 5) is 15.6. The van der Waals surface area contributed by atoms with E-state index >= 15 is 0 Å². The Labute approximate surface area is 156 Å². The number of piperazine rings is 1. The summed E-state index contributed by atoms with van der Waals surface area (Å²) in [6.45, 7) is 12.0. The third-order valence-corrected chi connectivity index (χ3v) is 4.59. The number of rotatable bonds is 7. The fourth-order valence-corrected chi connectivity index (χ4v) is 3.11. The predicted molar refractivity (Wildman–Crippen MR) is 102 cm³/mol. The molecule has 0 bridgehead atoms. The van der Waals surface area contributed by atoms with Crippen LogP contribution in [0.15, 0.2) is 18.2 Å². The number of carbonyl (C=O) groups excluding carboxylic acids is 1. The van der Waals surface area contributed by atoms with Crippen LogP contribution in [-0.2, 0) is 4.74 Å². The highest BCUT2D eigenvalue weighted by molar-refractivity contribution is 5.67. The maximum absolute atomic E-state index is 11.7. The Balaban J connectivity index is 1.79. The predicted octanol–water partition coefficient (Wildman–Crippen LogP) is 2.63. The van der Waals surface area contributed by atoms with Gasteiger partial charge in [0.25, 0.3) is 0 Å². The van der Waals surface area contributed by atoms with Crippen LogP contribution in [0.5, 0.6) is 5.75 Å². The zero-order chi connectivity index (χ0) is 19.1. The first kappa shape index (κ1) is 20.5. The summed E-state index contributed by atoms with van der Waals surface area (Å²) in [5.74, 6) is 1.23. The van der Waals surface area contributed by atoms with Gasteiger partial charge >= 0.3 is 6.09 Å². The Morgan fingerprint density at radius 2 is 1.92 bits per heavy atom. The topological polar surface area (TPSA) is 62.2 Å². The van der Waals surface area contributed by atoms with E-state index < -0.39 is 6.10 Å². The van der Waals surface area contributed by atoms with E-state index in [1.54, 1.807) is 4.90 Å². The molecule has 1 aliphatic heterocycles. The minimum Gasteiger partial charge on any atom is -0.491 e. The summed E-state index contributed by atoms with van der Waals surface area (Å²) >= 11 is 0. The molecular formula is C20H32N2O4. The zero-order valence-electron chi connectivity index (χ0n) is 16.4. The number of benzene rings is 1. The Morgan fingerprint density at radius 1 is 1.23 bits per heavy atom. The molecule has 2 rings (SSSR count). The standard InChI is InChI=1S/C20H32N2O4/c1-5-25-20(24)22-10-8-21(9-11-22)13-17(23)14-26-19-12-16(4)6-7-18(19)15(2)3/h6-7,12,15,17,23H,5,8-11,13-14H2,1-4H3/t17-/m1/s1. The highest BCUT2D eigenvalue weighted by Crippen LogP contribution is 2.27. The molecule has 1 aliphatic rings. The number of β-amino-alcohol motifs (C(OH)–C–C–N with tert-alkyl or cyclic N) is 1. The van der Waals surface area contributed by atoms with Crippen LogP contribution < -0.4 is 4.74 Å². The van der Waals surface area contributed by atoms with Crippen molar-refractivity contribution in [1.82, 2.24) is 9.80 Å². The zero-order valence-corrected chi connectivity index (χ0v) is 16.4. The number of carbonyl (C=O) groups is 1. The lowest BCUT2D eigenvalue weighted by Gasteiger charge is -2.34. The monoisotopic (exact) mass is 364 g/mol. The normalized spacial score (nSPS) is 16.6. The van der Waals surface area contributed by atoms with Crippen LogP contribution in [0.4, 0.5) is 4.79 Å². The molecule has 1 amide bonds. The van der Waals surface area contributed by atoms with Crippen LogP contribution in [-0.4, -0.2) is 73.0 Å². The maximum Gasteiger partial charge on any atom is 0.409 e. The lowest BCUT2D eigenvalue weighted by molar-refractivity contribution is 0.0405. The first-order valence-corrected chi connectivity index (χ1v) is 9.46. The second-order valence-corrected chi connectivity index (χ2v) is 7.15. The molecule has 1 atom stereocenters. The molecule has 1 saturated heterocycles. The van der Waals surface area contributed by atoms with Gasteiger partial charge in [-0.25, -0.2) is 4.79 Å². The van der Waals surface area contributed by atoms with Gasteiger partial charge in [-0.1, -0.05) is 26.0 Å². The number of amides is 1. The summed E-state index contributed by atoms with van der Waals surface area (Å²) in [5, 5.41) is 10.3. The molecule has 1 fully saturated rings. The van der Waals surface area contributed by atoms with Crippen LogP contribution >= 0.6 is 0 Å². The highest BCUT2D eigenvalue weighted by atomic mass is 16.6. The molecule has 0 saturated carbocycles. The van der Waals surface area contributed by atoms with Crippen molar-refractivity contribution < 1.29 is 19.4 Å². The summed E-state index contributed by atoms with van der Waals surface area (Å²) in [6, 6.07) is 6.21. The fraction of sp³-hybridized carbons (Fsp3) is 0.650. The largest absolute Gasteiger partial charge is 0.491 e. The molecule has 0 unspecified atom stereocenters. The maximum atomic E-state index is 11.7. The molecule has 1 aromatic rings. The number of aryl methyl sites for hydroxylation is 1. The van der Waals surface area contributed by atoms with Crippen molar-refractivity contribution >= 4 is 6.09 Å². The van der Waals surface area contributed by atoms with E-state index in [-0.39, 0.29) is 12.7 Å². The molecule has 0 radical (unpaired) electrons. The van der Waals surface area contributed by atoms with Crippen molar-refractivity contribution in [2.75, 3.05) is 45.9 Å². The minimum absolute atomic E-state index is 0.253. The molecule has 6 nitrogen and oxygen atoms in total. The van der Waals surface area contributed by atoms with Gasteiger partial charge in [-0.3, -0.25) is 4.90 Å². The van der Waals surface area contributed by atoms with Gasteiger partial charge in [-0.15, -0.1) is 0 Å². The Bertz CT molecular complexity index is 583. The van der Waals surface area contributed by atoms with Gasteiger partial charge in [0.2, 0.25) is 0 Å². The summed E-state index contributed by atoms with van der Waals surface area (Å²) in [6.07, 6.45) is -0.818. The number of ether oxygens (including phenoxy) is 2. The van der Waals surface area contributed by atoms with Crippen LogP contribution in [0.25, 0.3) is 0 Å². The van der Waals surface area contributed by atoms with E-state index in [0.717, 1.165) is 30.0 Å². The molecule has 26 heavy (non-hydrogen) atoms. The van der Waals surface area contributed by atoms with Crippen molar-refractivity contribution in [2.24, 2.45) is 0 Å². The second kappa shape index (κ2) is 9.78. The van der Waals surface area contributed by atoms with E-state index in [1.807, 2.05) is 19.9 Å². The van der Waals surface area contributed by atoms with Crippen LogP contribution in [0.2, 0.25) is 0 Å². The van der Waals surface area contributed by atoms with Crippen molar-refractivity contribution in [3.8, 4) is 5.75 Å². The number of hydrogen-bond acceptors (Lipinski definition) is 5. The Morgan fingerprint density at radius 3 is 2.54 bits per heavy atom. The molecule has 0 spiro atoms. The molecule has 0 aromatic heterocycles. The van der Waals surface area contributed by atoms with Gasteiger partial charge in [0.1, 0.15) is 18.5 Å². The van der Waals surface area contributed by atoms with Crippen molar-refractivity contribution in [3.05, 3.63) is 29.3 Å². The summed E-state index contributed by atoms with van der Waals surface area (Å²) in [7, 11) is 0. The number of aliphatic hydroxyl groups excluding tert-OH is 1. The van der Waals surface area contributed by atoms with Gasteiger partial charge in [0, 0.05) is 32.7 Å². The van der Waals surface area contributed by atoms with Crippen molar-refractivity contribution in [1.29, 1.82) is 0 Å². The van der Waals surface area contributed by atoms with Crippen molar-refractivity contribution in [2.45, 2.75) is 39.7 Å². The van der Waals surface area contributed by atoms with E-state index in [4.69, 9.17) is 9.47 Å². The smallest absolute Gasteiger partial charge is 0.409 e. The van der Waals surface area contributed by atoms with Gasteiger partial charge in [-0.2, -0.15) is 0 Å². The molecule has 1 heterocycles. The van der Waals surface area contributed by atoms with Crippen LogP contribution in [0.3, 0.4) is 0 Å². The first-order chi connectivity index (χ1) is 12.4. The van der Waals surface area contributed by atoms with E-state index in [1.165, 1.54) is 0 Å². The SMILES string of the molecule is CCOC(=O)N1CCN(C[C@@H](O)COc2cc(C)ccc2C(C)C)CC1. The number of aliphatic hydroxyl groups is 1. The average molecular weight is 364 g/mol. The van der Waals surface area contributed by atoms with Gasteiger partial charge < -0.3 is 19.5 Å². The summed E-state index contributed by atoms with van der Waals surface area (Å²) < 4.78 is 10.9. The van der Waals surface area contributed by atoms with Gasteiger partial charge in [0.15, 0.2) is 0 Å². The molecular weight excluding hydrogens is 332 g/mol. The third kappa shape index (κ3) is 5.88. The highest BCUT2D eigenvalue weighted by Gasteiger charge is 2.23. The minimum atomic E-state index is -0.565. The van der Waals surface area contributed by atoms with Crippen LogP contribution in [0.1, 0.15) is 37.8 Å². The van der Waals surface area contributed by atoms with E-state index in [0.29, 0.717) is 32.2 Å². The van der Waals surface area contributed by atoms with Crippen LogP contribution in [0, 0.1) is 6.92 Å². The Hall–Kier alpha value is -1.79. The molecule has 1 aromatic carbocycles. The average Bonchev–Trinajstić information content (AvgIpc) is 2.60. The fourth-order valence-electron chi connectivity index (χ4n) is 3.11. The molecule has 6 heteroatoms. The van der Waals surface area contributed by atoms with E-state index in [9.17, 15) is 9.90 Å². The second-order valence-electron chi connectivity index (χ2n) is 7.15. The first-order valence-electron chi connectivity index (χ1n) is 9.46.